The molecule has 2 aromatic carbocycles. The number of nitrogens with two attached hydrogens (primary N) is 1. The Morgan fingerprint density at radius 3 is 2.50 bits per heavy atom. The Kier molecular flexibility index (Phi) is 4.94. The Balaban J connectivity index is 1.62. The molecule has 1 unspecified atom stereocenters. The lowest BCUT2D eigenvalue weighted by molar-refractivity contribution is -0.123. The number of esters is 1. The molecule has 3 N–H and O–H groups in total. The molecule has 0 radical (unpaired) electrons. The molecule has 7 nitrogen and oxygen atoms in total. The van der Waals surface area contributed by atoms with Gasteiger partial charge in [-0.15, -0.1) is 11.3 Å². The van der Waals surface area contributed by atoms with Gasteiger partial charge in [0.15, 0.2) is 6.10 Å². The van der Waals surface area contributed by atoms with E-state index >= 15 is 0 Å². The third kappa shape index (κ3) is 3.86. The van der Waals surface area contributed by atoms with Gasteiger partial charge in [0, 0.05) is 11.3 Å². The molecule has 8 heteroatoms. The summed E-state index contributed by atoms with van der Waals surface area (Å²) < 4.78 is 6.08. The second-order valence-corrected chi connectivity index (χ2v) is 6.40. The van der Waals surface area contributed by atoms with Crippen molar-refractivity contribution in [2.75, 3.05) is 5.32 Å². The minimum atomic E-state index is -0.990. The number of hydrogen-bond donors (Lipinski definition) is 2. The van der Waals surface area contributed by atoms with Crippen molar-refractivity contribution < 1.29 is 19.1 Å². The molecular weight excluding hydrogens is 354 g/mol. The molecule has 0 aliphatic rings. The fourth-order valence-electron chi connectivity index (χ4n) is 2.23. The first-order valence-corrected chi connectivity index (χ1v) is 8.57. The normalized spacial score (nSPS) is 11.7. The number of fused-ring (bicyclic) bond motifs is 1. The van der Waals surface area contributed by atoms with Crippen LogP contribution in [0.15, 0.2) is 48.0 Å². The topological polar surface area (TPSA) is 111 Å². The first-order chi connectivity index (χ1) is 12.4. The maximum atomic E-state index is 12.2. The number of amides is 2. The Labute approximate surface area is 152 Å². The number of primary amides is 1. The second-order valence-electron chi connectivity index (χ2n) is 5.51. The van der Waals surface area contributed by atoms with Crippen molar-refractivity contribution in [3.8, 4) is 0 Å². The highest BCUT2D eigenvalue weighted by Gasteiger charge is 2.19. The van der Waals surface area contributed by atoms with E-state index in [-0.39, 0.29) is 0 Å². The molecule has 26 heavy (non-hydrogen) atoms. The van der Waals surface area contributed by atoms with E-state index in [9.17, 15) is 14.4 Å². The smallest absolute Gasteiger partial charge is 0.338 e. The van der Waals surface area contributed by atoms with E-state index in [1.54, 1.807) is 35.8 Å². The molecule has 1 atom stereocenters. The number of carbonyl (C=O) groups excluding carboxylic acids is 3. The summed E-state index contributed by atoms with van der Waals surface area (Å²) in [6.45, 7) is 1.48. The molecule has 0 saturated carbocycles. The van der Waals surface area contributed by atoms with Gasteiger partial charge < -0.3 is 15.8 Å². The van der Waals surface area contributed by atoms with Crippen molar-refractivity contribution in [1.29, 1.82) is 0 Å². The number of anilines is 1. The van der Waals surface area contributed by atoms with Gasteiger partial charge in [-0.3, -0.25) is 9.59 Å². The first-order valence-electron chi connectivity index (χ1n) is 7.69. The van der Waals surface area contributed by atoms with E-state index in [1.807, 2.05) is 0 Å². The number of rotatable bonds is 5. The molecule has 0 fully saturated rings. The number of hydrogen-bond acceptors (Lipinski definition) is 6. The average Bonchev–Trinajstić information content (AvgIpc) is 3.09. The fraction of sp³-hybridized carbons (Fsp3) is 0.111. The summed E-state index contributed by atoms with van der Waals surface area (Å²) in [6.07, 6.45) is -0.990. The summed E-state index contributed by atoms with van der Waals surface area (Å²) in [5.74, 6) is -1.63. The van der Waals surface area contributed by atoms with Gasteiger partial charge in [0.25, 0.3) is 5.91 Å². The molecule has 0 bridgehead atoms. The molecule has 0 aliphatic heterocycles. The number of carbonyl (C=O) groups is 3. The van der Waals surface area contributed by atoms with Gasteiger partial charge in [0.2, 0.25) is 5.91 Å². The van der Waals surface area contributed by atoms with Gasteiger partial charge in [-0.25, -0.2) is 9.78 Å². The number of thiazole rings is 1. The molecule has 132 valence electrons. The van der Waals surface area contributed by atoms with Crippen LogP contribution in [0.3, 0.4) is 0 Å². The predicted octanol–water partition coefficient (Wildman–Crippen LogP) is 2.58. The molecule has 0 saturated heterocycles. The zero-order chi connectivity index (χ0) is 18.7. The van der Waals surface area contributed by atoms with Crippen LogP contribution in [0.2, 0.25) is 0 Å². The SMILES string of the molecule is CC(OC(=O)c1ccc2ncsc2c1)C(=O)Nc1ccc(C(N)=O)cc1. The van der Waals surface area contributed by atoms with Crippen LogP contribution < -0.4 is 11.1 Å². The van der Waals surface area contributed by atoms with E-state index in [4.69, 9.17) is 10.5 Å². The molecule has 1 aromatic heterocycles. The van der Waals surface area contributed by atoms with E-state index in [0.29, 0.717) is 16.8 Å². The van der Waals surface area contributed by atoms with Gasteiger partial charge in [0.05, 0.1) is 21.3 Å². The molecule has 1 heterocycles. The summed E-state index contributed by atoms with van der Waals surface area (Å²) in [5.41, 5.74) is 8.82. The van der Waals surface area contributed by atoms with E-state index < -0.39 is 23.9 Å². The standard InChI is InChI=1S/C18H15N3O4S/c1-10(17(23)21-13-5-2-11(3-6-13)16(19)22)25-18(24)12-4-7-14-15(8-12)26-9-20-14/h2-10H,1H3,(H2,19,22)(H,21,23). The third-order valence-electron chi connectivity index (χ3n) is 3.66. The second kappa shape index (κ2) is 7.32. The Morgan fingerprint density at radius 2 is 1.81 bits per heavy atom. The van der Waals surface area contributed by atoms with E-state index in [1.165, 1.54) is 30.4 Å². The number of aromatic nitrogens is 1. The number of ether oxygens (including phenoxy) is 1. The average molecular weight is 369 g/mol. The van der Waals surface area contributed by atoms with Crippen molar-refractivity contribution in [2.45, 2.75) is 13.0 Å². The Morgan fingerprint density at radius 1 is 1.12 bits per heavy atom. The highest BCUT2D eigenvalue weighted by molar-refractivity contribution is 7.16. The summed E-state index contributed by atoms with van der Waals surface area (Å²) in [6, 6.07) is 11.1. The fourth-order valence-corrected chi connectivity index (χ4v) is 2.94. The maximum Gasteiger partial charge on any atom is 0.338 e. The van der Waals surface area contributed by atoms with Crippen molar-refractivity contribution in [2.24, 2.45) is 5.73 Å². The summed E-state index contributed by atoms with van der Waals surface area (Å²) in [4.78, 5) is 39.6. The molecule has 0 spiro atoms. The van der Waals surface area contributed by atoms with Crippen molar-refractivity contribution >= 4 is 45.0 Å². The highest BCUT2D eigenvalue weighted by atomic mass is 32.1. The lowest BCUT2D eigenvalue weighted by Gasteiger charge is -2.13. The Hall–Kier alpha value is -3.26. The quantitative estimate of drug-likeness (QED) is 0.672. The maximum absolute atomic E-state index is 12.2. The monoisotopic (exact) mass is 369 g/mol. The highest BCUT2D eigenvalue weighted by Crippen LogP contribution is 2.20. The minimum absolute atomic E-state index is 0.334. The van der Waals surface area contributed by atoms with Crippen LogP contribution in [0.5, 0.6) is 0 Å². The van der Waals surface area contributed by atoms with Gasteiger partial charge in [-0.1, -0.05) is 0 Å². The van der Waals surface area contributed by atoms with Crippen LogP contribution in [0, 0.1) is 0 Å². The number of nitrogens with one attached hydrogen (secondary N) is 1. The van der Waals surface area contributed by atoms with Crippen LogP contribution in [-0.2, 0) is 9.53 Å². The van der Waals surface area contributed by atoms with Crippen molar-refractivity contribution in [3.05, 3.63) is 59.1 Å². The number of nitrogens with zero attached hydrogens (tertiary/aromatic N) is 1. The van der Waals surface area contributed by atoms with Crippen LogP contribution in [0.4, 0.5) is 5.69 Å². The van der Waals surface area contributed by atoms with Crippen LogP contribution in [0.25, 0.3) is 10.2 Å². The van der Waals surface area contributed by atoms with Gasteiger partial charge >= 0.3 is 5.97 Å². The van der Waals surface area contributed by atoms with Gasteiger partial charge in [0.1, 0.15) is 0 Å². The molecule has 3 rings (SSSR count). The summed E-state index contributed by atoms with van der Waals surface area (Å²) >= 11 is 1.42. The summed E-state index contributed by atoms with van der Waals surface area (Å²) in [5, 5.41) is 2.61. The predicted molar refractivity (Wildman–Crippen MR) is 98.1 cm³/mol. The lowest BCUT2D eigenvalue weighted by atomic mass is 10.2. The Bertz CT molecular complexity index is 982. The number of benzene rings is 2. The van der Waals surface area contributed by atoms with Gasteiger partial charge in [-0.05, 0) is 49.4 Å². The van der Waals surface area contributed by atoms with Crippen molar-refractivity contribution in [3.63, 3.8) is 0 Å². The molecule has 2 amide bonds. The first kappa shape index (κ1) is 17.6. The molecule has 0 aliphatic carbocycles. The zero-order valence-electron chi connectivity index (χ0n) is 13.8. The largest absolute Gasteiger partial charge is 0.449 e. The molecular formula is C18H15N3O4S. The third-order valence-corrected chi connectivity index (χ3v) is 4.45. The van der Waals surface area contributed by atoms with Crippen molar-refractivity contribution in [1.82, 2.24) is 4.98 Å². The lowest BCUT2D eigenvalue weighted by Crippen LogP contribution is -2.30. The van der Waals surface area contributed by atoms with Crippen LogP contribution in [-0.4, -0.2) is 28.9 Å². The van der Waals surface area contributed by atoms with E-state index in [2.05, 4.69) is 10.3 Å². The van der Waals surface area contributed by atoms with Gasteiger partial charge in [-0.2, -0.15) is 0 Å². The summed E-state index contributed by atoms with van der Waals surface area (Å²) in [7, 11) is 0. The van der Waals surface area contributed by atoms with Crippen LogP contribution >= 0.6 is 11.3 Å². The van der Waals surface area contributed by atoms with E-state index in [0.717, 1.165) is 10.2 Å². The van der Waals surface area contributed by atoms with Crippen LogP contribution in [0.1, 0.15) is 27.6 Å². The minimum Gasteiger partial charge on any atom is -0.449 e. The zero-order valence-corrected chi connectivity index (χ0v) is 14.6. The molecule has 3 aromatic rings.